The van der Waals surface area contributed by atoms with Gasteiger partial charge >= 0.3 is 5.97 Å². The lowest BCUT2D eigenvalue weighted by atomic mass is 10.3. The molecule has 0 spiro atoms. The van der Waals surface area contributed by atoms with Crippen molar-refractivity contribution in [2.75, 3.05) is 0 Å². The number of carbonyl (C=O) groups is 1. The molecule has 2 rings (SSSR count). The normalized spacial score (nSPS) is 11.0. The van der Waals surface area contributed by atoms with Gasteiger partial charge < -0.3 is 5.11 Å². The zero-order valence-electron chi connectivity index (χ0n) is 9.42. The lowest BCUT2D eigenvalue weighted by Gasteiger charge is -2.00. The highest BCUT2D eigenvalue weighted by atomic mass is 79.9. The number of halogens is 1. The van der Waals surface area contributed by atoms with Crippen LogP contribution in [0.15, 0.2) is 28.1 Å². The van der Waals surface area contributed by atoms with Crippen LogP contribution in [0.1, 0.15) is 11.5 Å². The number of rotatable bonds is 3. The molecule has 0 amide bonds. The van der Waals surface area contributed by atoms with Crippen LogP contribution in [0.3, 0.4) is 0 Å². The molecule has 0 unspecified atom stereocenters. The summed E-state index contributed by atoms with van der Waals surface area (Å²) in [4.78, 5) is 20.0. The number of nitrogens with zero attached hydrogens (tertiary/aromatic N) is 2. The highest BCUT2D eigenvalue weighted by Gasteiger charge is 2.05. The van der Waals surface area contributed by atoms with E-state index in [1.807, 2.05) is 25.1 Å². The summed E-state index contributed by atoms with van der Waals surface area (Å²) in [5.41, 5.74) is 1.60. The standard InChI is InChI=1S/C12H9BrN2O2S/c1-7-6-8(9-2-3-10(13)18-9)15-11(14-7)4-5-12(16)17/h2-6H,1H3,(H,16,17)/b5-4+. The van der Waals surface area contributed by atoms with E-state index in [-0.39, 0.29) is 0 Å². The Labute approximate surface area is 116 Å². The van der Waals surface area contributed by atoms with Crippen LogP contribution in [0.2, 0.25) is 0 Å². The summed E-state index contributed by atoms with van der Waals surface area (Å²) in [5, 5.41) is 8.59. The third-order valence-electron chi connectivity index (χ3n) is 2.07. The van der Waals surface area contributed by atoms with Gasteiger partial charge in [0.25, 0.3) is 0 Å². The number of hydrogen-bond donors (Lipinski definition) is 1. The predicted molar refractivity (Wildman–Crippen MR) is 74.5 cm³/mol. The van der Waals surface area contributed by atoms with Crippen molar-refractivity contribution in [2.24, 2.45) is 0 Å². The van der Waals surface area contributed by atoms with E-state index in [1.54, 1.807) is 11.3 Å². The predicted octanol–water partition coefficient (Wildman–Crippen LogP) is 3.37. The summed E-state index contributed by atoms with van der Waals surface area (Å²) < 4.78 is 1.02. The number of carboxylic acids is 1. The monoisotopic (exact) mass is 324 g/mol. The van der Waals surface area contributed by atoms with E-state index in [1.165, 1.54) is 6.08 Å². The van der Waals surface area contributed by atoms with E-state index in [2.05, 4.69) is 25.9 Å². The fraction of sp³-hybridized carbons (Fsp3) is 0.0833. The first-order chi connectivity index (χ1) is 8.54. The number of aliphatic carboxylic acids is 1. The Morgan fingerprint density at radius 3 is 2.83 bits per heavy atom. The Kier molecular flexibility index (Phi) is 3.88. The minimum Gasteiger partial charge on any atom is -0.478 e. The molecule has 0 aliphatic carbocycles. The van der Waals surface area contributed by atoms with Gasteiger partial charge in [0.1, 0.15) is 0 Å². The Balaban J connectivity index is 2.41. The molecule has 4 nitrogen and oxygen atoms in total. The van der Waals surface area contributed by atoms with Crippen LogP contribution in [-0.4, -0.2) is 21.0 Å². The molecular weight excluding hydrogens is 316 g/mol. The molecule has 2 aromatic rings. The van der Waals surface area contributed by atoms with Crippen molar-refractivity contribution in [1.82, 2.24) is 9.97 Å². The van der Waals surface area contributed by atoms with Gasteiger partial charge in [-0.2, -0.15) is 0 Å². The third kappa shape index (κ3) is 3.24. The molecule has 0 saturated heterocycles. The molecular formula is C12H9BrN2O2S. The molecule has 0 radical (unpaired) electrons. The zero-order valence-corrected chi connectivity index (χ0v) is 11.8. The summed E-state index contributed by atoms with van der Waals surface area (Å²) in [5.74, 6) is -0.613. The number of aromatic nitrogens is 2. The van der Waals surface area contributed by atoms with Crippen molar-refractivity contribution >= 4 is 39.3 Å². The lowest BCUT2D eigenvalue weighted by molar-refractivity contribution is -0.131. The van der Waals surface area contributed by atoms with Gasteiger partial charge in [0.15, 0.2) is 5.82 Å². The maximum atomic E-state index is 10.5. The van der Waals surface area contributed by atoms with Crippen molar-refractivity contribution in [3.63, 3.8) is 0 Å². The fourth-order valence-corrected chi connectivity index (χ4v) is 2.74. The molecule has 0 bridgehead atoms. The Bertz CT molecular complexity index is 622. The summed E-state index contributed by atoms with van der Waals surface area (Å²) >= 11 is 4.97. The highest BCUT2D eigenvalue weighted by molar-refractivity contribution is 9.11. The van der Waals surface area contributed by atoms with E-state index >= 15 is 0 Å². The molecule has 0 atom stereocenters. The summed E-state index contributed by atoms with van der Waals surface area (Å²) in [6, 6.07) is 5.78. The molecule has 2 aromatic heterocycles. The second-order valence-corrected chi connectivity index (χ2v) is 5.99. The topological polar surface area (TPSA) is 63.1 Å². The van der Waals surface area contributed by atoms with E-state index in [0.29, 0.717) is 5.82 Å². The summed E-state index contributed by atoms with van der Waals surface area (Å²) in [6.45, 7) is 1.85. The smallest absolute Gasteiger partial charge is 0.328 e. The number of carboxylic acid groups (broad SMARTS) is 1. The molecule has 0 fully saturated rings. The van der Waals surface area contributed by atoms with Gasteiger partial charge in [-0.15, -0.1) is 11.3 Å². The Morgan fingerprint density at radius 2 is 2.22 bits per heavy atom. The average Bonchev–Trinajstić information content (AvgIpc) is 2.72. The summed E-state index contributed by atoms with van der Waals surface area (Å²) in [7, 11) is 0. The van der Waals surface area contributed by atoms with E-state index in [4.69, 9.17) is 5.11 Å². The van der Waals surface area contributed by atoms with Gasteiger partial charge in [0.05, 0.1) is 14.4 Å². The largest absolute Gasteiger partial charge is 0.478 e. The van der Waals surface area contributed by atoms with Crippen LogP contribution < -0.4 is 0 Å². The van der Waals surface area contributed by atoms with Crippen molar-refractivity contribution < 1.29 is 9.90 Å². The maximum absolute atomic E-state index is 10.5. The first-order valence-corrected chi connectivity index (χ1v) is 6.68. The summed E-state index contributed by atoms with van der Waals surface area (Å²) in [6.07, 6.45) is 2.42. The fourth-order valence-electron chi connectivity index (χ4n) is 1.39. The minimum absolute atomic E-state index is 0.400. The first-order valence-electron chi connectivity index (χ1n) is 5.07. The molecule has 0 saturated carbocycles. The average molecular weight is 325 g/mol. The van der Waals surface area contributed by atoms with Crippen molar-refractivity contribution in [3.8, 4) is 10.6 Å². The molecule has 0 aliphatic rings. The van der Waals surface area contributed by atoms with Crippen LogP contribution in [0.25, 0.3) is 16.6 Å². The van der Waals surface area contributed by atoms with E-state index in [9.17, 15) is 4.79 Å². The second-order valence-electron chi connectivity index (χ2n) is 3.53. The molecule has 18 heavy (non-hydrogen) atoms. The van der Waals surface area contributed by atoms with Crippen LogP contribution in [-0.2, 0) is 4.79 Å². The number of thiophene rings is 1. The van der Waals surface area contributed by atoms with Crippen LogP contribution in [0.5, 0.6) is 0 Å². The molecule has 0 aromatic carbocycles. The molecule has 1 N–H and O–H groups in total. The molecule has 6 heteroatoms. The molecule has 92 valence electrons. The van der Waals surface area contributed by atoms with Crippen molar-refractivity contribution in [2.45, 2.75) is 6.92 Å². The van der Waals surface area contributed by atoms with Crippen molar-refractivity contribution in [1.29, 1.82) is 0 Å². The molecule has 0 aliphatic heterocycles. The van der Waals surface area contributed by atoms with Gasteiger partial charge in [-0.05, 0) is 47.1 Å². The van der Waals surface area contributed by atoms with Gasteiger partial charge in [-0.1, -0.05) is 0 Å². The van der Waals surface area contributed by atoms with Gasteiger partial charge in [0.2, 0.25) is 0 Å². The SMILES string of the molecule is Cc1cc(-c2ccc(Br)s2)nc(/C=C/C(=O)O)n1. The maximum Gasteiger partial charge on any atom is 0.328 e. The molecule has 2 heterocycles. The number of hydrogen-bond acceptors (Lipinski definition) is 4. The van der Waals surface area contributed by atoms with Crippen LogP contribution in [0.4, 0.5) is 0 Å². The Morgan fingerprint density at radius 1 is 1.44 bits per heavy atom. The van der Waals surface area contributed by atoms with E-state index < -0.39 is 5.97 Å². The third-order valence-corrected chi connectivity index (χ3v) is 3.72. The quantitative estimate of drug-likeness (QED) is 0.879. The van der Waals surface area contributed by atoms with Gasteiger partial charge in [0, 0.05) is 11.8 Å². The van der Waals surface area contributed by atoms with Crippen LogP contribution >= 0.6 is 27.3 Å². The van der Waals surface area contributed by atoms with Gasteiger partial charge in [-0.25, -0.2) is 14.8 Å². The van der Waals surface area contributed by atoms with E-state index in [0.717, 1.165) is 26.1 Å². The Hall–Kier alpha value is -1.53. The minimum atomic E-state index is -1.01. The van der Waals surface area contributed by atoms with Gasteiger partial charge in [-0.3, -0.25) is 0 Å². The first kappa shape index (κ1) is 12.9. The van der Waals surface area contributed by atoms with Crippen LogP contribution in [0, 0.1) is 6.92 Å². The highest BCUT2D eigenvalue weighted by Crippen LogP contribution is 2.30. The lowest BCUT2D eigenvalue weighted by Crippen LogP contribution is -1.94. The van der Waals surface area contributed by atoms with Crippen molar-refractivity contribution in [3.05, 3.63) is 39.6 Å². The zero-order chi connectivity index (χ0) is 13.1. The number of aryl methyl sites for hydroxylation is 1. The second kappa shape index (κ2) is 5.41.